The van der Waals surface area contributed by atoms with E-state index >= 15 is 0 Å². The molecule has 4 nitrogen and oxygen atoms in total. The molecule has 0 saturated carbocycles. The molecule has 2 unspecified atom stereocenters. The first kappa shape index (κ1) is 26.5. The van der Waals surface area contributed by atoms with Gasteiger partial charge in [-0.15, -0.1) is 0 Å². The predicted molar refractivity (Wildman–Crippen MR) is 193 cm³/mol. The Balaban J connectivity index is 1.36. The number of para-hydroxylation sites is 3. The third-order valence-corrected chi connectivity index (χ3v) is 10.7. The van der Waals surface area contributed by atoms with Crippen molar-refractivity contribution in [2.24, 2.45) is 0 Å². The summed E-state index contributed by atoms with van der Waals surface area (Å²) in [5.41, 5.74) is 10.3. The minimum atomic E-state index is -0.388. The van der Waals surface area contributed by atoms with Gasteiger partial charge in [-0.05, 0) is 72.0 Å². The summed E-state index contributed by atoms with van der Waals surface area (Å²) in [5.74, 6) is 1.02. The molecule has 1 aliphatic heterocycles. The molecule has 2 aromatic heterocycles. The van der Waals surface area contributed by atoms with Crippen molar-refractivity contribution >= 4 is 44.0 Å². The smallest absolute Gasteiger partial charge is 0.235 e. The Hall–Kier alpha value is -5.74. The molecule has 8 aromatic rings. The van der Waals surface area contributed by atoms with Gasteiger partial charge in [0.05, 0.1) is 28.0 Å². The summed E-state index contributed by atoms with van der Waals surface area (Å²) in [6.45, 7) is 2.46. The van der Waals surface area contributed by atoms with E-state index in [1.807, 2.05) is 0 Å². The molecule has 4 heteroatoms. The summed E-state index contributed by atoms with van der Waals surface area (Å²) in [6, 6.07) is 52.3. The van der Waals surface area contributed by atoms with Gasteiger partial charge in [0.2, 0.25) is 5.95 Å². The van der Waals surface area contributed by atoms with E-state index in [1.165, 1.54) is 44.4 Å². The molecule has 0 radical (unpaired) electrons. The van der Waals surface area contributed by atoms with Crippen LogP contribution >= 0.6 is 0 Å². The molecule has 224 valence electrons. The largest absolute Gasteiger partial charge is 0.329 e. The van der Waals surface area contributed by atoms with Crippen LogP contribution < -0.4 is 4.90 Å². The first-order valence-corrected chi connectivity index (χ1v) is 16.5. The second-order valence-electron chi connectivity index (χ2n) is 13.1. The highest BCUT2D eigenvalue weighted by Crippen LogP contribution is 2.62. The predicted octanol–water partition coefficient (Wildman–Crippen LogP) is 10.5. The zero-order valence-corrected chi connectivity index (χ0v) is 26.1. The average Bonchev–Trinajstić information content (AvgIpc) is 3.62. The number of anilines is 2. The van der Waals surface area contributed by atoms with Crippen LogP contribution in [-0.2, 0) is 12.0 Å². The molecular weight excluding hydrogens is 573 g/mol. The van der Waals surface area contributed by atoms with Crippen LogP contribution in [0.3, 0.4) is 0 Å². The summed E-state index contributed by atoms with van der Waals surface area (Å²) in [7, 11) is 0. The van der Waals surface area contributed by atoms with Gasteiger partial charge in [0.25, 0.3) is 0 Å². The molecule has 2 atom stereocenters. The second kappa shape index (κ2) is 9.88. The SMILES string of the molecule is CC12c3c(c4c5ccccc5ccc4n3-c3nc(-c4ccccc4)c4ccccc4n3)CCC1c1ccccc1N2c1ccccc1. The van der Waals surface area contributed by atoms with Gasteiger partial charge in [0, 0.05) is 33.6 Å². The normalized spacial score (nSPS) is 18.4. The number of hydrogen-bond donors (Lipinski definition) is 0. The standard InChI is InChI=1S/C43H32N4/c1-43-35(32-20-11-13-23-37(32)47(43)30-17-6-3-7-18-30)26-25-34-39-31-19-9-8-14-28(31)24-27-38(39)46(41(34)43)42-44-36-22-12-10-21-33(36)40(45-42)29-15-4-2-5-16-29/h2-24,27,35H,25-26H2,1H3. The van der Waals surface area contributed by atoms with Crippen molar-refractivity contribution in [2.45, 2.75) is 31.2 Å². The Morgan fingerprint density at radius 1 is 0.660 bits per heavy atom. The number of hydrogen-bond acceptors (Lipinski definition) is 3. The minimum Gasteiger partial charge on any atom is -0.329 e. The maximum Gasteiger partial charge on any atom is 0.235 e. The molecule has 0 bridgehead atoms. The maximum atomic E-state index is 5.48. The molecule has 0 spiro atoms. The molecule has 2 aliphatic rings. The van der Waals surface area contributed by atoms with E-state index in [4.69, 9.17) is 9.97 Å². The fourth-order valence-corrected chi connectivity index (χ4v) is 8.78. The molecule has 6 aromatic carbocycles. The van der Waals surface area contributed by atoms with Crippen molar-refractivity contribution in [3.63, 3.8) is 0 Å². The number of benzene rings is 6. The van der Waals surface area contributed by atoms with Gasteiger partial charge in [-0.3, -0.25) is 4.57 Å². The molecule has 10 rings (SSSR count). The Morgan fingerprint density at radius 3 is 2.21 bits per heavy atom. The van der Waals surface area contributed by atoms with E-state index in [0.717, 1.165) is 46.5 Å². The minimum absolute atomic E-state index is 0.301. The fourth-order valence-electron chi connectivity index (χ4n) is 8.78. The van der Waals surface area contributed by atoms with Crippen LogP contribution in [0.4, 0.5) is 11.4 Å². The van der Waals surface area contributed by atoms with Gasteiger partial charge in [0.1, 0.15) is 0 Å². The lowest BCUT2D eigenvalue weighted by atomic mass is 9.71. The van der Waals surface area contributed by atoms with E-state index < -0.39 is 0 Å². The highest BCUT2D eigenvalue weighted by Gasteiger charge is 2.55. The summed E-state index contributed by atoms with van der Waals surface area (Å²) in [6.07, 6.45) is 2.06. The van der Waals surface area contributed by atoms with Crippen molar-refractivity contribution < 1.29 is 0 Å². The fraction of sp³-hybridized carbons (Fsp3) is 0.116. The van der Waals surface area contributed by atoms with Crippen LogP contribution in [0.2, 0.25) is 0 Å². The zero-order valence-electron chi connectivity index (χ0n) is 26.1. The van der Waals surface area contributed by atoms with Gasteiger partial charge in [-0.1, -0.05) is 115 Å². The first-order chi connectivity index (χ1) is 23.2. The topological polar surface area (TPSA) is 34.0 Å². The van der Waals surface area contributed by atoms with Crippen molar-refractivity contribution in [3.05, 3.63) is 162 Å². The molecule has 1 aliphatic carbocycles. The highest BCUT2D eigenvalue weighted by molar-refractivity contribution is 6.10. The second-order valence-corrected chi connectivity index (χ2v) is 13.1. The Kier molecular flexibility index (Phi) is 5.56. The molecule has 0 fully saturated rings. The van der Waals surface area contributed by atoms with E-state index in [2.05, 4.69) is 162 Å². The summed E-state index contributed by atoms with van der Waals surface area (Å²) < 4.78 is 2.42. The van der Waals surface area contributed by atoms with E-state index in [9.17, 15) is 0 Å². The number of nitrogens with zero attached hydrogens (tertiary/aromatic N) is 4. The summed E-state index contributed by atoms with van der Waals surface area (Å²) in [5, 5.41) is 4.92. The van der Waals surface area contributed by atoms with E-state index in [0.29, 0.717) is 5.92 Å². The van der Waals surface area contributed by atoms with Crippen molar-refractivity contribution in [1.82, 2.24) is 14.5 Å². The molecule has 0 amide bonds. The third-order valence-electron chi connectivity index (χ3n) is 10.7. The Bertz CT molecular complexity index is 2500. The lowest BCUT2D eigenvalue weighted by molar-refractivity contribution is 0.352. The molecule has 47 heavy (non-hydrogen) atoms. The lowest BCUT2D eigenvalue weighted by Crippen LogP contribution is -2.45. The van der Waals surface area contributed by atoms with Gasteiger partial charge < -0.3 is 4.90 Å². The summed E-state index contributed by atoms with van der Waals surface area (Å²) >= 11 is 0. The monoisotopic (exact) mass is 604 g/mol. The molecular formula is C43H32N4. The zero-order chi connectivity index (χ0) is 31.1. The quantitative estimate of drug-likeness (QED) is 0.201. The van der Waals surface area contributed by atoms with Gasteiger partial charge in [0.15, 0.2) is 0 Å². The number of rotatable bonds is 3. The number of aryl methyl sites for hydroxylation is 1. The van der Waals surface area contributed by atoms with Crippen molar-refractivity contribution in [2.75, 3.05) is 4.90 Å². The summed E-state index contributed by atoms with van der Waals surface area (Å²) in [4.78, 5) is 13.4. The third kappa shape index (κ3) is 3.64. The molecule has 0 N–H and O–H groups in total. The maximum absolute atomic E-state index is 5.48. The number of aromatic nitrogens is 3. The van der Waals surface area contributed by atoms with Crippen molar-refractivity contribution in [3.8, 4) is 17.2 Å². The first-order valence-electron chi connectivity index (χ1n) is 16.5. The van der Waals surface area contributed by atoms with Crippen LogP contribution in [0.25, 0.3) is 49.8 Å². The lowest BCUT2D eigenvalue weighted by Gasteiger charge is -2.45. The molecule has 3 heterocycles. The van der Waals surface area contributed by atoms with Crippen LogP contribution in [0.1, 0.15) is 36.1 Å². The van der Waals surface area contributed by atoms with Crippen molar-refractivity contribution in [1.29, 1.82) is 0 Å². The Labute approximate surface area is 273 Å². The van der Waals surface area contributed by atoms with Gasteiger partial charge >= 0.3 is 0 Å². The van der Waals surface area contributed by atoms with Gasteiger partial charge in [-0.25, -0.2) is 9.97 Å². The van der Waals surface area contributed by atoms with Crippen LogP contribution in [-0.4, -0.2) is 14.5 Å². The van der Waals surface area contributed by atoms with E-state index in [-0.39, 0.29) is 5.54 Å². The van der Waals surface area contributed by atoms with Crippen LogP contribution in [0.5, 0.6) is 0 Å². The van der Waals surface area contributed by atoms with Crippen LogP contribution in [0, 0.1) is 0 Å². The van der Waals surface area contributed by atoms with Gasteiger partial charge in [-0.2, -0.15) is 0 Å². The van der Waals surface area contributed by atoms with Crippen LogP contribution in [0.15, 0.2) is 146 Å². The number of fused-ring (bicyclic) bond motifs is 10. The van der Waals surface area contributed by atoms with E-state index in [1.54, 1.807) is 0 Å². The average molecular weight is 605 g/mol. The Morgan fingerprint density at radius 2 is 1.36 bits per heavy atom. The molecule has 0 saturated heterocycles. The highest BCUT2D eigenvalue weighted by atomic mass is 15.3.